The monoisotopic (exact) mass is 523 g/mol. The van der Waals surface area contributed by atoms with Crippen LogP contribution in [0.5, 0.6) is 0 Å². The van der Waals surface area contributed by atoms with Crippen molar-refractivity contribution in [1.29, 1.82) is 0 Å². The van der Waals surface area contributed by atoms with Gasteiger partial charge in [-0.25, -0.2) is 4.79 Å². The third kappa shape index (κ3) is 8.61. The lowest BCUT2D eigenvalue weighted by Gasteiger charge is -2.36. The maximum absolute atomic E-state index is 14.2. The van der Waals surface area contributed by atoms with Gasteiger partial charge in [0, 0.05) is 12.2 Å². The average molecular weight is 524 g/mol. The molecule has 208 valence electrons. The van der Waals surface area contributed by atoms with Gasteiger partial charge in [0.2, 0.25) is 5.91 Å². The SMILES string of the molecule is CCCN(C(=O)C(NC(=O)OC(C)(C)C)C(C)CC)C(C(=O)Nc1ccccc1C)c1cc(C)cc(C)c1. The minimum absolute atomic E-state index is 0.173. The quantitative estimate of drug-likeness (QED) is 0.374. The van der Waals surface area contributed by atoms with Crippen LogP contribution in [0.4, 0.5) is 10.5 Å². The van der Waals surface area contributed by atoms with E-state index in [0.29, 0.717) is 25.1 Å². The summed E-state index contributed by atoms with van der Waals surface area (Å²) in [6.45, 7) is 17.4. The number of amides is 3. The van der Waals surface area contributed by atoms with E-state index in [1.165, 1.54) is 0 Å². The molecule has 38 heavy (non-hydrogen) atoms. The Hall–Kier alpha value is -3.35. The number of hydrogen-bond acceptors (Lipinski definition) is 4. The number of hydrogen-bond donors (Lipinski definition) is 2. The first-order chi connectivity index (χ1) is 17.8. The fourth-order valence-electron chi connectivity index (χ4n) is 4.46. The molecule has 3 unspecified atom stereocenters. The molecule has 7 heteroatoms. The number of carbonyl (C=O) groups is 3. The van der Waals surface area contributed by atoms with Crippen LogP contribution >= 0.6 is 0 Å². The zero-order valence-corrected chi connectivity index (χ0v) is 24.5. The highest BCUT2D eigenvalue weighted by Crippen LogP contribution is 2.28. The lowest BCUT2D eigenvalue weighted by atomic mass is 9.94. The molecule has 2 N–H and O–H groups in total. The number of ether oxygens (including phenoxy) is 1. The predicted molar refractivity (Wildman–Crippen MR) is 153 cm³/mol. The summed E-state index contributed by atoms with van der Waals surface area (Å²) in [6, 6.07) is 11.8. The lowest BCUT2D eigenvalue weighted by Crippen LogP contribution is -2.55. The van der Waals surface area contributed by atoms with Crippen LogP contribution < -0.4 is 10.6 Å². The van der Waals surface area contributed by atoms with E-state index < -0.39 is 23.8 Å². The molecule has 3 amide bonds. The van der Waals surface area contributed by atoms with Crippen LogP contribution in [-0.4, -0.2) is 41.0 Å². The summed E-state index contributed by atoms with van der Waals surface area (Å²) in [5, 5.41) is 5.86. The Bertz CT molecular complexity index is 1100. The molecule has 2 aromatic carbocycles. The second kappa shape index (κ2) is 13.4. The Morgan fingerprint density at radius 2 is 1.58 bits per heavy atom. The Labute approximate surface area is 228 Å². The van der Waals surface area contributed by atoms with Gasteiger partial charge in [-0.15, -0.1) is 0 Å². The molecule has 0 aromatic heterocycles. The molecule has 0 aliphatic heterocycles. The maximum atomic E-state index is 14.2. The maximum Gasteiger partial charge on any atom is 0.408 e. The fourth-order valence-corrected chi connectivity index (χ4v) is 4.46. The standard InChI is InChI=1S/C31H45N3O4/c1-10-16-34(29(36)26(22(5)11-2)33-30(37)38-31(7,8)9)27(24-18-20(3)17-21(4)19-24)28(35)32-25-15-13-12-14-23(25)6/h12-15,17-19,22,26-27H,10-11,16H2,1-9H3,(H,32,35)(H,33,37). The molecule has 3 atom stereocenters. The van der Waals surface area contributed by atoms with Gasteiger partial charge >= 0.3 is 6.09 Å². The first kappa shape index (κ1) is 30.9. The number of para-hydroxylation sites is 1. The van der Waals surface area contributed by atoms with Crippen molar-refractivity contribution in [3.05, 3.63) is 64.7 Å². The first-order valence-corrected chi connectivity index (χ1v) is 13.5. The van der Waals surface area contributed by atoms with E-state index in [9.17, 15) is 14.4 Å². The van der Waals surface area contributed by atoms with Crippen molar-refractivity contribution < 1.29 is 19.1 Å². The van der Waals surface area contributed by atoms with Crippen molar-refractivity contribution in [3.63, 3.8) is 0 Å². The van der Waals surface area contributed by atoms with Crippen molar-refractivity contribution in [2.45, 2.75) is 92.8 Å². The van der Waals surface area contributed by atoms with Crippen molar-refractivity contribution >= 4 is 23.6 Å². The predicted octanol–water partition coefficient (Wildman–Crippen LogP) is 6.47. The summed E-state index contributed by atoms with van der Waals surface area (Å²) < 4.78 is 5.47. The van der Waals surface area contributed by atoms with Crippen LogP contribution in [0.1, 0.15) is 82.7 Å². The van der Waals surface area contributed by atoms with Gasteiger partial charge in [-0.1, -0.05) is 74.7 Å². The van der Waals surface area contributed by atoms with E-state index in [2.05, 4.69) is 10.6 Å². The van der Waals surface area contributed by atoms with Crippen LogP contribution in [0.2, 0.25) is 0 Å². The number of aryl methyl sites for hydroxylation is 3. The molecule has 0 fully saturated rings. The van der Waals surface area contributed by atoms with Gasteiger partial charge in [0.1, 0.15) is 17.7 Å². The number of benzene rings is 2. The summed E-state index contributed by atoms with van der Waals surface area (Å²) in [7, 11) is 0. The van der Waals surface area contributed by atoms with Gasteiger partial charge in [-0.05, 0) is 71.1 Å². The summed E-state index contributed by atoms with van der Waals surface area (Å²) in [6.07, 6.45) is 0.653. The number of carbonyl (C=O) groups excluding carboxylic acids is 3. The highest BCUT2D eigenvalue weighted by molar-refractivity contribution is 5.99. The Morgan fingerprint density at radius 1 is 0.974 bits per heavy atom. The summed E-state index contributed by atoms with van der Waals surface area (Å²) in [4.78, 5) is 42.5. The van der Waals surface area contributed by atoms with E-state index in [1.54, 1.807) is 25.7 Å². The normalized spacial score (nSPS) is 13.7. The molecule has 0 heterocycles. The smallest absolute Gasteiger partial charge is 0.408 e. The van der Waals surface area contributed by atoms with Gasteiger partial charge in [0.25, 0.3) is 5.91 Å². The van der Waals surface area contributed by atoms with Crippen molar-refractivity contribution in [3.8, 4) is 0 Å². The van der Waals surface area contributed by atoms with Gasteiger partial charge < -0.3 is 20.3 Å². The van der Waals surface area contributed by atoms with E-state index in [4.69, 9.17) is 4.74 Å². The van der Waals surface area contributed by atoms with E-state index >= 15 is 0 Å². The fraction of sp³-hybridized carbons (Fsp3) is 0.516. The Kier molecular flexibility index (Phi) is 10.9. The van der Waals surface area contributed by atoms with Gasteiger partial charge in [0.15, 0.2) is 0 Å². The Morgan fingerprint density at radius 3 is 2.11 bits per heavy atom. The molecule has 0 aliphatic carbocycles. The molecule has 0 bridgehead atoms. The number of alkyl carbamates (subject to hydrolysis) is 1. The molecule has 2 rings (SSSR count). The van der Waals surface area contributed by atoms with E-state index in [0.717, 1.165) is 22.3 Å². The molecule has 7 nitrogen and oxygen atoms in total. The highest BCUT2D eigenvalue weighted by Gasteiger charge is 2.38. The van der Waals surface area contributed by atoms with E-state index in [1.807, 2.05) is 84.0 Å². The van der Waals surface area contributed by atoms with Crippen LogP contribution in [0.25, 0.3) is 0 Å². The number of nitrogens with zero attached hydrogens (tertiary/aromatic N) is 1. The zero-order chi connectivity index (χ0) is 28.6. The van der Waals surface area contributed by atoms with Gasteiger partial charge in [0.05, 0.1) is 0 Å². The number of anilines is 1. The molecule has 0 radical (unpaired) electrons. The zero-order valence-electron chi connectivity index (χ0n) is 24.5. The van der Waals surface area contributed by atoms with Crippen LogP contribution in [0, 0.1) is 26.7 Å². The lowest BCUT2D eigenvalue weighted by molar-refractivity contribution is -0.141. The molecule has 0 aliphatic rings. The highest BCUT2D eigenvalue weighted by atomic mass is 16.6. The van der Waals surface area contributed by atoms with Crippen LogP contribution in [0.3, 0.4) is 0 Å². The summed E-state index contributed by atoms with van der Waals surface area (Å²) >= 11 is 0. The minimum atomic E-state index is -0.882. The third-order valence-corrected chi connectivity index (χ3v) is 6.42. The number of nitrogens with one attached hydrogen (secondary N) is 2. The second-order valence-corrected chi connectivity index (χ2v) is 11.2. The molecule has 0 saturated carbocycles. The van der Waals surface area contributed by atoms with E-state index in [-0.39, 0.29) is 17.7 Å². The largest absolute Gasteiger partial charge is 0.444 e. The van der Waals surface area contributed by atoms with Gasteiger partial charge in [-0.3, -0.25) is 9.59 Å². The molecule has 0 saturated heterocycles. The van der Waals surface area contributed by atoms with Crippen molar-refractivity contribution in [1.82, 2.24) is 10.2 Å². The summed E-state index contributed by atoms with van der Waals surface area (Å²) in [5.41, 5.74) is 3.66. The van der Waals surface area contributed by atoms with Crippen LogP contribution in [0.15, 0.2) is 42.5 Å². The third-order valence-electron chi connectivity index (χ3n) is 6.42. The topological polar surface area (TPSA) is 87.7 Å². The van der Waals surface area contributed by atoms with Gasteiger partial charge in [-0.2, -0.15) is 0 Å². The molecular formula is C31H45N3O4. The number of rotatable bonds is 10. The van der Waals surface area contributed by atoms with Crippen molar-refractivity contribution in [2.75, 3.05) is 11.9 Å². The second-order valence-electron chi connectivity index (χ2n) is 11.2. The Balaban J connectivity index is 2.57. The van der Waals surface area contributed by atoms with Crippen LogP contribution in [-0.2, 0) is 14.3 Å². The van der Waals surface area contributed by atoms with Crippen molar-refractivity contribution in [2.24, 2.45) is 5.92 Å². The first-order valence-electron chi connectivity index (χ1n) is 13.5. The summed E-state index contributed by atoms with van der Waals surface area (Å²) in [5.74, 6) is -0.781. The molecular weight excluding hydrogens is 478 g/mol. The minimum Gasteiger partial charge on any atom is -0.444 e. The molecule has 2 aromatic rings. The average Bonchev–Trinajstić information content (AvgIpc) is 2.81. The molecule has 0 spiro atoms.